The number of nitrogen functional groups attached to an aromatic ring is 1. The van der Waals surface area contributed by atoms with E-state index in [1.165, 1.54) is 35.7 Å². The van der Waals surface area contributed by atoms with Gasteiger partial charge in [0.05, 0.1) is 12.4 Å². The Kier molecular flexibility index (Phi) is 7.41. The van der Waals surface area contributed by atoms with Crippen LogP contribution in [-0.2, 0) is 4.79 Å². The highest BCUT2D eigenvalue weighted by molar-refractivity contribution is 7.99. The largest absolute Gasteiger partial charge is 0.494 e. The molecule has 0 bridgehead atoms. The number of carbonyl (C=O) groups excluding carboxylic acids is 1. The van der Waals surface area contributed by atoms with Crippen LogP contribution < -0.4 is 10.6 Å². The molecule has 0 unspecified atom stereocenters. The first-order valence-corrected chi connectivity index (χ1v) is 11.4. The van der Waals surface area contributed by atoms with Crippen LogP contribution in [0.4, 0.5) is 0 Å². The third-order valence-corrected chi connectivity index (χ3v) is 6.15. The number of hydrogen-bond donors (Lipinski definition) is 1. The summed E-state index contributed by atoms with van der Waals surface area (Å²) >= 11 is 1.34. The lowest BCUT2D eigenvalue weighted by Gasteiger charge is -2.37. The molecule has 1 amide bonds. The SMILES string of the molecule is CCOc1ccc(-c2nnc(SCC(=O)N(C(C)C)C3CCCCC3)n2N)cc1. The smallest absolute Gasteiger partial charge is 0.233 e. The summed E-state index contributed by atoms with van der Waals surface area (Å²) in [6, 6.07) is 8.12. The molecule has 8 heteroatoms. The zero-order chi connectivity index (χ0) is 20.8. The lowest BCUT2D eigenvalue weighted by Crippen LogP contribution is -2.46. The monoisotopic (exact) mass is 417 g/mol. The Morgan fingerprint density at radius 2 is 1.93 bits per heavy atom. The van der Waals surface area contributed by atoms with Crippen LogP contribution in [0.3, 0.4) is 0 Å². The summed E-state index contributed by atoms with van der Waals surface area (Å²) in [7, 11) is 0. The van der Waals surface area contributed by atoms with Gasteiger partial charge in [-0.3, -0.25) is 4.79 Å². The van der Waals surface area contributed by atoms with Gasteiger partial charge in [0.15, 0.2) is 5.82 Å². The molecule has 2 N–H and O–H groups in total. The quantitative estimate of drug-likeness (QED) is 0.520. The van der Waals surface area contributed by atoms with Gasteiger partial charge in [-0.25, -0.2) is 4.68 Å². The molecule has 0 spiro atoms. The molecular weight excluding hydrogens is 386 g/mol. The molecular formula is C21H31N5O2S. The van der Waals surface area contributed by atoms with Crippen molar-refractivity contribution in [1.82, 2.24) is 19.8 Å². The van der Waals surface area contributed by atoms with Crippen molar-refractivity contribution in [2.45, 2.75) is 70.1 Å². The molecule has 1 aliphatic rings. The number of carbonyl (C=O) groups is 1. The normalized spacial score (nSPS) is 14.9. The fourth-order valence-electron chi connectivity index (χ4n) is 3.91. The summed E-state index contributed by atoms with van der Waals surface area (Å²) in [5, 5.41) is 8.94. The van der Waals surface area contributed by atoms with E-state index in [1.807, 2.05) is 31.2 Å². The summed E-state index contributed by atoms with van der Waals surface area (Å²) in [5.41, 5.74) is 0.854. The molecule has 1 aliphatic carbocycles. The number of aromatic nitrogens is 3. The Bertz CT molecular complexity index is 800. The predicted octanol–water partition coefficient (Wildman–Crippen LogP) is 3.72. The van der Waals surface area contributed by atoms with Crippen LogP contribution in [0.25, 0.3) is 11.4 Å². The van der Waals surface area contributed by atoms with Crippen LogP contribution in [0, 0.1) is 0 Å². The first kappa shape index (κ1) is 21.5. The molecule has 1 heterocycles. The molecule has 1 saturated carbocycles. The fraction of sp³-hybridized carbons (Fsp3) is 0.571. The third-order valence-electron chi connectivity index (χ3n) is 5.23. The van der Waals surface area contributed by atoms with E-state index in [-0.39, 0.29) is 11.9 Å². The van der Waals surface area contributed by atoms with Crippen molar-refractivity contribution < 1.29 is 9.53 Å². The van der Waals surface area contributed by atoms with E-state index in [2.05, 4.69) is 28.9 Å². The van der Waals surface area contributed by atoms with Crippen molar-refractivity contribution in [1.29, 1.82) is 0 Å². The van der Waals surface area contributed by atoms with Crippen molar-refractivity contribution in [3.05, 3.63) is 24.3 Å². The summed E-state index contributed by atoms with van der Waals surface area (Å²) in [6.07, 6.45) is 5.89. The minimum absolute atomic E-state index is 0.141. The second kappa shape index (κ2) is 10.0. The summed E-state index contributed by atoms with van der Waals surface area (Å²) in [5.74, 6) is 8.03. The van der Waals surface area contributed by atoms with Gasteiger partial charge in [0, 0.05) is 17.6 Å². The Morgan fingerprint density at radius 1 is 1.24 bits per heavy atom. The Morgan fingerprint density at radius 3 is 2.55 bits per heavy atom. The van der Waals surface area contributed by atoms with Gasteiger partial charge in [0.1, 0.15) is 5.75 Å². The van der Waals surface area contributed by atoms with E-state index in [0.717, 1.165) is 24.2 Å². The van der Waals surface area contributed by atoms with Gasteiger partial charge in [0.2, 0.25) is 11.1 Å². The maximum atomic E-state index is 12.9. The van der Waals surface area contributed by atoms with Crippen molar-refractivity contribution in [3.8, 4) is 17.1 Å². The second-order valence-corrected chi connectivity index (χ2v) is 8.55. The zero-order valence-corrected chi connectivity index (χ0v) is 18.3. The minimum Gasteiger partial charge on any atom is -0.494 e. The number of nitrogens with two attached hydrogens (primary N) is 1. The Hall–Kier alpha value is -2.22. The first-order chi connectivity index (χ1) is 14.0. The van der Waals surface area contributed by atoms with E-state index in [4.69, 9.17) is 10.6 Å². The van der Waals surface area contributed by atoms with Crippen molar-refractivity contribution in [3.63, 3.8) is 0 Å². The van der Waals surface area contributed by atoms with Gasteiger partial charge < -0.3 is 15.5 Å². The van der Waals surface area contributed by atoms with Crippen molar-refractivity contribution in [2.75, 3.05) is 18.2 Å². The molecule has 2 aromatic rings. The van der Waals surface area contributed by atoms with E-state index in [1.54, 1.807) is 0 Å². The van der Waals surface area contributed by atoms with Crippen LogP contribution in [0.15, 0.2) is 29.4 Å². The van der Waals surface area contributed by atoms with E-state index in [9.17, 15) is 4.79 Å². The lowest BCUT2D eigenvalue weighted by atomic mass is 9.93. The molecule has 1 aromatic carbocycles. The minimum atomic E-state index is 0.141. The highest BCUT2D eigenvalue weighted by atomic mass is 32.2. The van der Waals surface area contributed by atoms with Crippen molar-refractivity contribution >= 4 is 17.7 Å². The van der Waals surface area contributed by atoms with Gasteiger partial charge in [-0.15, -0.1) is 10.2 Å². The second-order valence-electron chi connectivity index (χ2n) is 7.61. The van der Waals surface area contributed by atoms with Crippen LogP contribution in [0.5, 0.6) is 5.75 Å². The van der Waals surface area contributed by atoms with Crippen LogP contribution in [0.1, 0.15) is 52.9 Å². The molecule has 29 heavy (non-hydrogen) atoms. The number of ether oxygens (including phenoxy) is 1. The van der Waals surface area contributed by atoms with Gasteiger partial charge >= 0.3 is 0 Å². The van der Waals surface area contributed by atoms with Gasteiger partial charge in [-0.1, -0.05) is 31.0 Å². The number of rotatable bonds is 8. The average Bonchev–Trinajstić information content (AvgIpc) is 3.08. The molecule has 7 nitrogen and oxygen atoms in total. The van der Waals surface area contributed by atoms with Gasteiger partial charge in [-0.2, -0.15) is 0 Å². The Balaban J connectivity index is 1.65. The maximum Gasteiger partial charge on any atom is 0.233 e. The number of amides is 1. The molecule has 3 rings (SSSR count). The van der Waals surface area contributed by atoms with E-state index < -0.39 is 0 Å². The average molecular weight is 418 g/mol. The fourth-order valence-corrected chi connectivity index (χ4v) is 4.64. The van der Waals surface area contributed by atoms with Gasteiger partial charge in [0.25, 0.3) is 0 Å². The molecule has 0 saturated heterocycles. The number of benzene rings is 1. The van der Waals surface area contributed by atoms with E-state index >= 15 is 0 Å². The van der Waals surface area contributed by atoms with Crippen LogP contribution in [0.2, 0.25) is 0 Å². The zero-order valence-electron chi connectivity index (χ0n) is 17.5. The summed E-state index contributed by atoms with van der Waals surface area (Å²) in [4.78, 5) is 15.0. The molecule has 0 radical (unpaired) electrons. The van der Waals surface area contributed by atoms with Gasteiger partial charge in [-0.05, 0) is 57.9 Å². The van der Waals surface area contributed by atoms with E-state index in [0.29, 0.717) is 29.4 Å². The van der Waals surface area contributed by atoms with Crippen LogP contribution in [-0.4, -0.2) is 50.1 Å². The van der Waals surface area contributed by atoms with Crippen molar-refractivity contribution in [2.24, 2.45) is 0 Å². The Labute approximate surface area is 177 Å². The molecule has 0 aliphatic heterocycles. The highest BCUT2D eigenvalue weighted by Crippen LogP contribution is 2.27. The maximum absolute atomic E-state index is 12.9. The number of nitrogens with zero attached hydrogens (tertiary/aromatic N) is 4. The molecule has 158 valence electrons. The summed E-state index contributed by atoms with van der Waals surface area (Å²) < 4.78 is 6.92. The first-order valence-electron chi connectivity index (χ1n) is 10.4. The highest BCUT2D eigenvalue weighted by Gasteiger charge is 2.28. The molecule has 0 atom stereocenters. The van der Waals surface area contributed by atoms with Crippen LogP contribution >= 0.6 is 11.8 Å². The standard InChI is InChI=1S/C21H31N5O2S/c1-4-28-18-12-10-16(11-13-18)20-23-24-21(26(20)22)29-14-19(27)25(15(2)3)17-8-6-5-7-9-17/h10-13,15,17H,4-9,14,22H2,1-3H3. The number of thioether (sulfide) groups is 1. The number of hydrogen-bond acceptors (Lipinski definition) is 6. The topological polar surface area (TPSA) is 86.3 Å². The predicted molar refractivity (Wildman–Crippen MR) is 116 cm³/mol. The molecule has 1 fully saturated rings. The summed E-state index contributed by atoms with van der Waals surface area (Å²) in [6.45, 7) is 6.75. The lowest BCUT2D eigenvalue weighted by molar-refractivity contribution is -0.133. The molecule has 1 aromatic heterocycles. The third kappa shape index (κ3) is 5.23.